The van der Waals surface area contributed by atoms with Gasteiger partial charge in [-0.2, -0.15) is 0 Å². The quantitative estimate of drug-likeness (QED) is 0.786. The Balaban J connectivity index is 1.71. The first-order valence-electron chi connectivity index (χ1n) is 6.91. The Hall–Kier alpha value is -2.14. The highest BCUT2D eigenvalue weighted by atomic mass is 79.9. The Bertz CT molecular complexity index is 757. The van der Waals surface area contributed by atoms with Gasteiger partial charge < -0.3 is 9.64 Å². The van der Waals surface area contributed by atoms with Crippen molar-refractivity contribution in [3.63, 3.8) is 0 Å². The van der Waals surface area contributed by atoms with E-state index in [-0.39, 0.29) is 0 Å². The van der Waals surface area contributed by atoms with Crippen LogP contribution in [0.4, 0.5) is 5.69 Å². The van der Waals surface area contributed by atoms with E-state index in [1.165, 1.54) is 4.90 Å². The minimum Gasteiger partial charge on any atom is -0.492 e. The molecule has 112 valence electrons. The van der Waals surface area contributed by atoms with Gasteiger partial charge in [-0.3, -0.25) is 9.59 Å². The molecule has 0 radical (unpaired) electrons. The van der Waals surface area contributed by atoms with Gasteiger partial charge in [0.15, 0.2) is 0 Å². The maximum atomic E-state index is 12.1. The number of ketones is 1. The first-order valence-corrected chi connectivity index (χ1v) is 7.71. The highest BCUT2D eigenvalue weighted by molar-refractivity contribution is 9.10. The molecule has 5 heteroatoms. The van der Waals surface area contributed by atoms with Crippen molar-refractivity contribution in [2.24, 2.45) is 0 Å². The largest absolute Gasteiger partial charge is 0.492 e. The number of aryl methyl sites for hydroxylation is 1. The summed E-state index contributed by atoms with van der Waals surface area (Å²) in [5.74, 6) is -0.207. The number of benzene rings is 2. The van der Waals surface area contributed by atoms with Gasteiger partial charge in [-0.25, -0.2) is 0 Å². The molecule has 0 aromatic heterocycles. The van der Waals surface area contributed by atoms with Crippen LogP contribution in [0.25, 0.3) is 0 Å². The number of amides is 1. The molecular formula is C17H14BrNO3. The normalized spacial score (nSPS) is 13.5. The molecule has 0 spiro atoms. The maximum Gasteiger partial charge on any atom is 0.299 e. The molecule has 0 aliphatic carbocycles. The van der Waals surface area contributed by atoms with Crippen LogP contribution in [0.15, 0.2) is 46.9 Å². The highest BCUT2D eigenvalue weighted by Gasteiger charge is 2.35. The molecule has 1 aliphatic rings. The van der Waals surface area contributed by atoms with Gasteiger partial charge in [0.1, 0.15) is 12.4 Å². The average Bonchev–Trinajstić information content (AvgIpc) is 2.72. The molecule has 3 rings (SSSR count). The minimum absolute atomic E-state index is 0.331. The summed E-state index contributed by atoms with van der Waals surface area (Å²) >= 11 is 3.32. The van der Waals surface area contributed by atoms with E-state index < -0.39 is 11.7 Å². The van der Waals surface area contributed by atoms with Crippen LogP contribution in [0.1, 0.15) is 15.9 Å². The lowest BCUT2D eigenvalue weighted by Gasteiger charge is -2.17. The molecule has 2 aromatic rings. The fraction of sp³-hybridized carbons (Fsp3) is 0.176. The molecular weight excluding hydrogens is 346 g/mol. The third-order valence-electron chi connectivity index (χ3n) is 3.51. The van der Waals surface area contributed by atoms with E-state index in [0.717, 1.165) is 15.8 Å². The van der Waals surface area contributed by atoms with Crippen LogP contribution in [0.2, 0.25) is 0 Å². The number of Topliss-reactive ketones (excluding diaryl/α,β-unsaturated/α-hetero) is 1. The molecule has 0 atom stereocenters. The second-order valence-electron chi connectivity index (χ2n) is 5.11. The van der Waals surface area contributed by atoms with Crippen molar-refractivity contribution >= 4 is 33.3 Å². The van der Waals surface area contributed by atoms with Gasteiger partial charge in [-0.15, -0.1) is 0 Å². The van der Waals surface area contributed by atoms with Gasteiger partial charge in [0.2, 0.25) is 0 Å². The summed E-state index contributed by atoms with van der Waals surface area (Å²) in [4.78, 5) is 25.5. The van der Waals surface area contributed by atoms with Crippen LogP contribution < -0.4 is 9.64 Å². The summed E-state index contributed by atoms with van der Waals surface area (Å²) in [6.07, 6.45) is 0. The molecule has 22 heavy (non-hydrogen) atoms. The molecule has 0 unspecified atom stereocenters. The molecule has 0 N–H and O–H groups in total. The van der Waals surface area contributed by atoms with Gasteiger partial charge in [0, 0.05) is 4.47 Å². The Labute approximate surface area is 136 Å². The molecule has 1 aliphatic heterocycles. The van der Waals surface area contributed by atoms with E-state index in [9.17, 15) is 9.59 Å². The number of hydrogen-bond donors (Lipinski definition) is 0. The predicted octanol–water partition coefficient (Wildman–Crippen LogP) is 3.37. The zero-order valence-corrected chi connectivity index (χ0v) is 13.6. The molecule has 1 heterocycles. The Morgan fingerprint density at radius 1 is 1.14 bits per heavy atom. The Kier molecular flexibility index (Phi) is 3.98. The van der Waals surface area contributed by atoms with E-state index in [0.29, 0.717) is 24.4 Å². The second-order valence-corrected chi connectivity index (χ2v) is 6.03. The maximum absolute atomic E-state index is 12.1. The van der Waals surface area contributed by atoms with E-state index in [2.05, 4.69) is 15.9 Å². The van der Waals surface area contributed by atoms with Crippen molar-refractivity contribution < 1.29 is 14.3 Å². The number of halogens is 1. The van der Waals surface area contributed by atoms with Crippen molar-refractivity contribution in [1.29, 1.82) is 0 Å². The summed E-state index contributed by atoms with van der Waals surface area (Å²) in [7, 11) is 0. The fourth-order valence-electron chi connectivity index (χ4n) is 2.45. The van der Waals surface area contributed by atoms with Gasteiger partial charge in [0.25, 0.3) is 11.7 Å². The number of anilines is 1. The second kappa shape index (κ2) is 5.93. The molecule has 0 fully saturated rings. The summed E-state index contributed by atoms with van der Waals surface area (Å²) in [6, 6.07) is 13.0. The summed E-state index contributed by atoms with van der Waals surface area (Å²) in [6.45, 7) is 2.66. The average molecular weight is 360 g/mol. The van der Waals surface area contributed by atoms with E-state index in [1.807, 2.05) is 37.3 Å². The lowest BCUT2D eigenvalue weighted by atomic mass is 10.1. The number of hydrogen-bond acceptors (Lipinski definition) is 3. The van der Waals surface area contributed by atoms with Crippen LogP contribution in [0.3, 0.4) is 0 Å². The highest BCUT2D eigenvalue weighted by Crippen LogP contribution is 2.31. The van der Waals surface area contributed by atoms with Crippen LogP contribution in [0.5, 0.6) is 5.75 Å². The van der Waals surface area contributed by atoms with Gasteiger partial charge >= 0.3 is 0 Å². The third-order valence-corrected chi connectivity index (χ3v) is 4.00. The zero-order valence-electron chi connectivity index (χ0n) is 12.0. The zero-order chi connectivity index (χ0) is 15.7. The first-order chi connectivity index (χ1) is 10.6. The fourth-order valence-corrected chi connectivity index (χ4v) is 2.82. The summed E-state index contributed by atoms with van der Waals surface area (Å²) in [5, 5.41) is 0. The topological polar surface area (TPSA) is 46.6 Å². The first kappa shape index (κ1) is 14.8. The number of carbonyl (C=O) groups excluding carboxylic acids is 2. The van der Waals surface area contributed by atoms with Gasteiger partial charge in [-0.1, -0.05) is 28.1 Å². The Morgan fingerprint density at radius 3 is 2.73 bits per heavy atom. The number of ether oxygens (including phenoxy) is 1. The molecule has 0 saturated heterocycles. The number of carbonyl (C=O) groups is 2. The van der Waals surface area contributed by atoms with E-state index in [4.69, 9.17) is 4.74 Å². The summed E-state index contributed by atoms with van der Waals surface area (Å²) in [5.41, 5.74) is 2.20. The third kappa shape index (κ3) is 2.76. The minimum atomic E-state index is -0.499. The molecule has 1 amide bonds. The van der Waals surface area contributed by atoms with Crippen LogP contribution in [-0.2, 0) is 4.79 Å². The summed E-state index contributed by atoms with van der Waals surface area (Å²) < 4.78 is 6.44. The van der Waals surface area contributed by atoms with Crippen LogP contribution >= 0.6 is 15.9 Å². The van der Waals surface area contributed by atoms with Crippen molar-refractivity contribution in [3.05, 3.63) is 58.1 Å². The van der Waals surface area contributed by atoms with E-state index in [1.54, 1.807) is 12.1 Å². The van der Waals surface area contributed by atoms with Crippen molar-refractivity contribution in [2.75, 3.05) is 18.1 Å². The van der Waals surface area contributed by atoms with Gasteiger partial charge in [-0.05, 0) is 42.8 Å². The SMILES string of the molecule is Cc1cccc(OCCN2C(=O)C(=O)c3cc(Br)ccc32)c1. The molecule has 0 saturated carbocycles. The predicted molar refractivity (Wildman–Crippen MR) is 87.5 cm³/mol. The molecule has 0 bridgehead atoms. The van der Waals surface area contributed by atoms with Crippen LogP contribution in [-0.4, -0.2) is 24.8 Å². The smallest absolute Gasteiger partial charge is 0.299 e. The standard InChI is InChI=1S/C17H14BrNO3/c1-11-3-2-4-13(9-11)22-8-7-19-15-6-5-12(18)10-14(15)16(20)17(19)21/h2-6,9-10H,7-8H2,1H3. The lowest BCUT2D eigenvalue weighted by Crippen LogP contribution is -2.33. The van der Waals surface area contributed by atoms with E-state index >= 15 is 0 Å². The lowest BCUT2D eigenvalue weighted by molar-refractivity contribution is -0.114. The van der Waals surface area contributed by atoms with Crippen molar-refractivity contribution in [3.8, 4) is 5.75 Å². The Morgan fingerprint density at radius 2 is 1.95 bits per heavy atom. The van der Waals surface area contributed by atoms with Crippen molar-refractivity contribution in [1.82, 2.24) is 0 Å². The monoisotopic (exact) mass is 359 g/mol. The molecule has 2 aromatic carbocycles. The van der Waals surface area contributed by atoms with Crippen molar-refractivity contribution in [2.45, 2.75) is 6.92 Å². The number of nitrogens with zero attached hydrogens (tertiary/aromatic N) is 1. The van der Waals surface area contributed by atoms with Gasteiger partial charge in [0.05, 0.1) is 17.8 Å². The molecule has 4 nitrogen and oxygen atoms in total. The number of fused-ring (bicyclic) bond motifs is 1. The van der Waals surface area contributed by atoms with Crippen LogP contribution in [0, 0.1) is 6.92 Å². The number of rotatable bonds is 4.